The smallest absolute Gasteiger partial charge is 0.407 e. The van der Waals surface area contributed by atoms with E-state index in [9.17, 15) is 24.3 Å². The standard InChI is InChI=1S/C39H52N6O7/c1-38(2,3)33(43-37(50)52-7)35(48)44-45(23-26-16-18-27(19-17-26)29-15-11-12-20-40-29)24-31(46)30(21-25-13-9-8-10-14-25)41-34(47)28-22-32(39(28,4)5)42-36(49)51-6/h8-20,28,30-33,46H,21-24H2,1-7H3,(H,41,47)(H,42,49)(H,43,50)(H,44,48)/t28-,30-,31-,32-,33+/m0/s1. The Morgan fingerprint density at radius 3 is 2.13 bits per heavy atom. The summed E-state index contributed by atoms with van der Waals surface area (Å²) in [6.07, 6.45) is 0.00838. The molecule has 0 spiro atoms. The van der Waals surface area contributed by atoms with Crippen LogP contribution in [0.3, 0.4) is 0 Å². The van der Waals surface area contributed by atoms with Gasteiger partial charge >= 0.3 is 12.2 Å². The van der Waals surface area contributed by atoms with E-state index in [0.717, 1.165) is 22.4 Å². The molecule has 13 heteroatoms. The Morgan fingerprint density at radius 1 is 0.904 bits per heavy atom. The van der Waals surface area contributed by atoms with E-state index in [1.807, 2.05) is 107 Å². The lowest BCUT2D eigenvalue weighted by atomic mass is 9.58. The zero-order valence-electron chi connectivity index (χ0n) is 31.0. The van der Waals surface area contributed by atoms with Crippen LogP contribution in [0.15, 0.2) is 79.0 Å². The molecule has 0 aliphatic heterocycles. The van der Waals surface area contributed by atoms with E-state index in [0.29, 0.717) is 12.8 Å². The number of nitrogens with one attached hydrogen (secondary N) is 4. The van der Waals surface area contributed by atoms with Crippen molar-refractivity contribution in [2.24, 2.45) is 16.7 Å². The number of alkyl carbamates (subject to hydrolysis) is 2. The summed E-state index contributed by atoms with van der Waals surface area (Å²) in [5, 5.41) is 22.0. The Morgan fingerprint density at radius 2 is 1.56 bits per heavy atom. The number of pyridine rings is 1. The number of aliphatic hydroxyl groups is 1. The Balaban J connectivity index is 1.59. The second-order valence-corrected chi connectivity index (χ2v) is 14.9. The summed E-state index contributed by atoms with van der Waals surface area (Å²) < 4.78 is 9.54. The third-order valence-electron chi connectivity index (χ3n) is 9.69. The monoisotopic (exact) mass is 716 g/mol. The number of nitrogens with zero attached hydrogens (tertiary/aromatic N) is 2. The molecular formula is C39H52N6O7. The van der Waals surface area contributed by atoms with Gasteiger partial charge < -0.3 is 30.5 Å². The van der Waals surface area contributed by atoms with Gasteiger partial charge in [-0.1, -0.05) is 95.3 Å². The summed E-state index contributed by atoms with van der Waals surface area (Å²) in [7, 11) is 2.52. The van der Waals surface area contributed by atoms with Gasteiger partial charge in [-0.3, -0.25) is 20.0 Å². The predicted octanol–water partition coefficient (Wildman–Crippen LogP) is 4.21. The molecule has 0 unspecified atom stereocenters. The SMILES string of the molecule is COC(=O)N[C@H](C(=O)NN(Cc1ccc(-c2ccccn2)cc1)C[C@H](O)[C@H](Cc1ccccc1)NC(=O)[C@@H]1C[C@H](NC(=O)OC)C1(C)C)C(C)(C)C. The number of hydrogen-bond donors (Lipinski definition) is 5. The molecule has 13 nitrogen and oxygen atoms in total. The van der Waals surface area contributed by atoms with Crippen LogP contribution in [-0.4, -0.2) is 84.1 Å². The average molecular weight is 717 g/mol. The fourth-order valence-electron chi connectivity index (χ4n) is 6.36. The summed E-state index contributed by atoms with van der Waals surface area (Å²) in [6.45, 7) is 9.41. The van der Waals surface area contributed by atoms with Crippen molar-refractivity contribution in [3.63, 3.8) is 0 Å². The molecule has 0 radical (unpaired) electrons. The van der Waals surface area contributed by atoms with Crippen molar-refractivity contribution in [3.8, 4) is 11.3 Å². The molecule has 4 rings (SSSR count). The number of aliphatic hydroxyl groups excluding tert-OH is 1. The highest BCUT2D eigenvalue weighted by molar-refractivity contribution is 5.86. The zero-order chi connectivity index (χ0) is 38.1. The van der Waals surface area contributed by atoms with Crippen LogP contribution in [0.4, 0.5) is 9.59 Å². The largest absolute Gasteiger partial charge is 0.453 e. The average Bonchev–Trinajstić information content (AvgIpc) is 3.12. The van der Waals surface area contributed by atoms with Gasteiger partial charge in [0.05, 0.1) is 32.1 Å². The first-order valence-corrected chi connectivity index (χ1v) is 17.4. The highest BCUT2D eigenvalue weighted by Gasteiger charge is 2.53. The Bertz CT molecular complexity index is 1650. The van der Waals surface area contributed by atoms with Crippen LogP contribution in [0.2, 0.25) is 0 Å². The number of carbonyl (C=O) groups excluding carboxylic acids is 4. The van der Waals surface area contributed by atoms with Crippen LogP contribution in [0.1, 0.15) is 52.2 Å². The summed E-state index contributed by atoms with van der Waals surface area (Å²) in [4.78, 5) is 56.1. The number of aromatic nitrogens is 1. The van der Waals surface area contributed by atoms with Gasteiger partial charge in [-0.15, -0.1) is 0 Å². The summed E-state index contributed by atoms with van der Waals surface area (Å²) in [5.74, 6) is -1.17. The lowest BCUT2D eigenvalue weighted by molar-refractivity contribution is -0.139. The molecular weight excluding hydrogens is 664 g/mol. The molecule has 1 heterocycles. The van der Waals surface area contributed by atoms with Crippen molar-refractivity contribution in [1.29, 1.82) is 0 Å². The van der Waals surface area contributed by atoms with Gasteiger partial charge in [-0.05, 0) is 46.9 Å². The summed E-state index contributed by atoms with van der Waals surface area (Å²) in [6, 6.07) is 20.9. The number of benzene rings is 2. The zero-order valence-corrected chi connectivity index (χ0v) is 31.0. The van der Waals surface area contributed by atoms with Crippen LogP contribution >= 0.6 is 0 Å². The number of carbonyl (C=O) groups is 4. The number of ether oxygens (including phenoxy) is 2. The minimum atomic E-state index is -1.15. The Hall–Kier alpha value is -5.01. The van der Waals surface area contributed by atoms with E-state index >= 15 is 0 Å². The van der Waals surface area contributed by atoms with Crippen LogP contribution in [-0.2, 0) is 32.0 Å². The first-order chi connectivity index (χ1) is 24.6. The second kappa shape index (κ2) is 17.5. The normalized spacial score (nSPS) is 18.2. The Kier molecular flexibility index (Phi) is 13.4. The maximum Gasteiger partial charge on any atom is 0.407 e. The quantitative estimate of drug-likeness (QED) is 0.153. The summed E-state index contributed by atoms with van der Waals surface area (Å²) in [5.41, 5.74) is 5.16. The highest BCUT2D eigenvalue weighted by atomic mass is 16.5. The van der Waals surface area contributed by atoms with Crippen LogP contribution in [0.5, 0.6) is 0 Å². The molecule has 1 aromatic heterocycles. The first-order valence-electron chi connectivity index (χ1n) is 17.4. The van der Waals surface area contributed by atoms with Gasteiger partial charge in [0.1, 0.15) is 6.04 Å². The molecule has 52 heavy (non-hydrogen) atoms. The van der Waals surface area contributed by atoms with Crippen LogP contribution in [0.25, 0.3) is 11.3 Å². The summed E-state index contributed by atoms with van der Waals surface area (Å²) >= 11 is 0. The third-order valence-corrected chi connectivity index (χ3v) is 9.69. The number of hydrogen-bond acceptors (Lipinski definition) is 9. The number of hydrazine groups is 1. The van der Waals surface area contributed by atoms with E-state index in [1.165, 1.54) is 14.2 Å². The molecule has 5 atom stereocenters. The minimum Gasteiger partial charge on any atom is -0.453 e. The minimum absolute atomic E-state index is 0.0683. The van der Waals surface area contributed by atoms with E-state index in [-0.39, 0.29) is 25.0 Å². The van der Waals surface area contributed by atoms with Gasteiger partial charge in [0.15, 0.2) is 0 Å². The predicted molar refractivity (Wildman–Crippen MR) is 196 cm³/mol. The molecule has 0 bridgehead atoms. The molecule has 1 fully saturated rings. The van der Waals surface area contributed by atoms with Crippen molar-refractivity contribution in [3.05, 3.63) is 90.1 Å². The molecule has 5 N–H and O–H groups in total. The molecule has 2 aromatic carbocycles. The van der Waals surface area contributed by atoms with Gasteiger partial charge in [-0.2, -0.15) is 0 Å². The molecule has 1 aliphatic rings. The topological polar surface area (TPSA) is 171 Å². The maximum atomic E-state index is 13.8. The third kappa shape index (κ3) is 10.5. The van der Waals surface area contributed by atoms with Crippen molar-refractivity contribution in [2.45, 2.75) is 78.2 Å². The first kappa shape index (κ1) is 39.8. The lowest BCUT2D eigenvalue weighted by Crippen LogP contribution is -2.64. The van der Waals surface area contributed by atoms with Gasteiger partial charge in [-0.25, -0.2) is 14.6 Å². The molecule has 4 amide bonds. The molecule has 1 saturated carbocycles. The van der Waals surface area contributed by atoms with Crippen molar-refractivity contribution in [1.82, 2.24) is 31.4 Å². The van der Waals surface area contributed by atoms with E-state index in [1.54, 1.807) is 11.2 Å². The molecule has 280 valence electrons. The van der Waals surface area contributed by atoms with Crippen molar-refractivity contribution >= 4 is 24.0 Å². The van der Waals surface area contributed by atoms with E-state index in [2.05, 4.69) is 26.4 Å². The van der Waals surface area contributed by atoms with E-state index < -0.39 is 53.0 Å². The number of methoxy groups -OCH3 is 2. The number of rotatable bonds is 14. The highest BCUT2D eigenvalue weighted by Crippen LogP contribution is 2.46. The molecule has 1 aliphatic carbocycles. The van der Waals surface area contributed by atoms with Gasteiger partial charge in [0.2, 0.25) is 5.91 Å². The van der Waals surface area contributed by atoms with Crippen molar-refractivity contribution in [2.75, 3.05) is 20.8 Å². The van der Waals surface area contributed by atoms with Crippen LogP contribution < -0.4 is 21.4 Å². The maximum absolute atomic E-state index is 13.8. The fourth-order valence-corrected chi connectivity index (χ4v) is 6.36. The van der Waals surface area contributed by atoms with Crippen LogP contribution in [0, 0.1) is 16.7 Å². The van der Waals surface area contributed by atoms with Gasteiger partial charge in [0.25, 0.3) is 5.91 Å². The molecule has 3 aromatic rings. The van der Waals surface area contributed by atoms with Crippen molar-refractivity contribution < 1.29 is 33.8 Å². The number of amides is 4. The Labute approximate surface area is 305 Å². The van der Waals surface area contributed by atoms with Gasteiger partial charge in [0, 0.05) is 36.8 Å². The molecule has 0 saturated heterocycles. The van der Waals surface area contributed by atoms with E-state index in [4.69, 9.17) is 9.47 Å². The second-order valence-electron chi connectivity index (χ2n) is 14.9. The fraction of sp³-hybridized carbons (Fsp3) is 0.462. The lowest BCUT2D eigenvalue weighted by Gasteiger charge is -2.51.